The maximum absolute atomic E-state index is 12.8. The first-order chi connectivity index (χ1) is 14.2. The minimum atomic E-state index is -0.627. The minimum absolute atomic E-state index is 0.0693. The van der Waals surface area contributed by atoms with Gasteiger partial charge in [0.1, 0.15) is 6.61 Å². The lowest BCUT2D eigenvalue weighted by Gasteiger charge is -2.37. The SMILES string of the molecule is O=C(C1COc2ccccc2O1)N1CCN(C(=O)C2CC2c2ccccc2)CC1. The summed E-state index contributed by atoms with van der Waals surface area (Å²) in [7, 11) is 0. The van der Waals surface area contributed by atoms with E-state index in [1.165, 1.54) is 5.56 Å². The number of nitrogens with zero attached hydrogens (tertiary/aromatic N) is 2. The van der Waals surface area contributed by atoms with Crippen molar-refractivity contribution in [2.24, 2.45) is 5.92 Å². The predicted octanol–water partition coefficient (Wildman–Crippen LogP) is 2.30. The first kappa shape index (κ1) is 18.0. The molecular formula is C23H24N2O4. The highest BCUT2D eigenvalue weighted by Gasteiger charge is 2.46. The fourth-order valence-corrected chi connectivity index (χ4v) is 4.26. The van der Waals surface area contributed by atoms with Gasteiger partial charge in [-0.25, -0.2) is 0 Å². The Morgan fingerprint density at radius 1 is 0.793 bits per heavy atom. The summed E-state index contributed by atoms with van der Waals surface area (Å²) in [6, 6.07) is 17.6. The second-order valence-electron chi connectivity index (χ2n) is 7.87. The van der Waals surface area contributed by atoms with Gasteiger partial charge in [-0.1, -0.05) is 42.5 Å². The first-order valence-electron chi connectivity index (χ1n) is 10.2. The molecular weight excluding hydrogens is 368 g/mol. The molecule has 3 aliphatic rings. The minimum Gasteiger partial charge on any atom is -0.485 e. The first-order valence-corrected chi connectivity index (χ1v) is 10.2. The Balaban J connectivity index is 1.14. The van der Waals surface area contributed by atoms with Gasteiger partial charge in [0.15, 0.2) is 11.5 Å². The molecule has 0 bridgehead atoms. The summed E-state index contributed by atoms with van der Waals surface area (Å²) in [4.78, 5) is 29.4. The van der Waals surface area contributed by atoms with E-state index in [4.69, 9.17) is 9.47 Å². The van der Waals surface area contributed by atoms with Crippen LogP contribution in [0.3, 0.4) is 0 Å². The van der Waals surface area contributed by atoms with Crippen molar-refractivity contribution in [3.05, 3.63) is 60.2 Å². The van der Waals surface area contributed by atoms with E-state index in [0.717, 1.165) is 6.42 Å². The molecule has 1 saturated carbocycles. The van der Waals surface area contributed by atoms with E-state index in [0.29, 0.717) is 43.6 Å². The quantitative estimate of drug-likeness (QED) is 0.804. The van der Waals surface area contributed by atoms with Gasteiger partial charge in [0.25, 0.3) is 5.91 Å². The molecule has 1 saturated heterocycles. The fraction of sp³-hybridized carbons (Fsp3) is 0.391. The Morgan fingerprint density at radius 3 is 2.14 bits per heavy atom. The number of rotatable bonds is 3. The van der Waals surface area contributed by atoms with E-state index in [2.05, 4.69) is 12.1 Å². The molecule has 6 nitrogen and oxygen atoms in total. The number of fused-ring (bicyclic) bond motifs is 1. The molecule has 2 aliphatic heterocycles. The maximum Gasteiger partial charge on any atom is 0.267 e. The van der Waals surface area contributed by atoms with Crippen LogP contribution in [-0.4, -0.2) is 60.5 Å². The van der Waals surface area contributed by atoms with Crippen LogP contribution in [0.5, 0.6) is 11.5 Å². The summed E-state index contributed by atoms with van der Waals surface area (Å²) in [5.41, 5.74) is 1.24. The van der Waals surface area contributed by atoms with Gasteiger partial charge in [0, 0.05) is 32.1 Å². The van der Waals surface area contributed by atoms with E-state index >= 15 is 0 Å². The molecule has 0 spiro atoms. The van der Waals surface area contributed by atoms with Crippen LogP contribution < -0.4 is 9.47 Å². The van der Waals surface area contributed by atoms with Crippen LogP contribution >= 0.6 is 0 Å². The van der Waals surface area contributed by atoms with Crippen LogP contribution in [-0.2, 0) is 9.59 Å². The number of piperazine rings is 1. The average Bonchev–Trinajstić information content (AvgIpc) is 3.59. The number of hydrogen-bond donors (Lipinski definition) is 0. The van der Waals surface area contributed by atoms with E-state index < -0.39 is 6.10 Å². The van der Waals surface area contributed by atoms with Gasteiger partial charge in [0.2, 0.25) is 12.0 Å². The largest absolute Gasteiger partial charge is 0.485 e. The number of carbonyl (C=O) groups is 2. The maximum atomic E-state index is 12.8. The Hall–Kier alpha value is -3.02. The van der Waals surface area contributed by atoms with Crippen molar-refractivity contribution in [1.82, 2.24) is 9.80 Å². The summed E-state index contributed by atoms with van der Waals surface area (Å²) in [6.07, 6.45) is 0.298. The van der Waals surface area contributed by atoms with E-state index in [1.54, 1.807) is 4.90 Å². The van der Waals surface area contributed by atoms with Crippen molar-refractivity contribution in [3.8, 4) is 11.5 Å². The zero-order chi connectivity index (χ0) is 19.8. The average molecular weight is 392 g/mol. The van der Waals surface area contributed by atoms with Crippen LogP contribution in [0.1, 0.15) is 17.9 Å². The van der Waals surface area contributed by atoms with E-state index in [1.807, 2.05) is 47.4 Å². The van der Waals surface area contributed by atoms with Gasteiger partial charge in [0.05, 0.1) is 0 Å². The summed E-state index contributed by atoms with van der Waals surface area (Å²) in [6.45, 7) is 2.44. The Bertz CT molecular complexity index is 908. The van der Waals surface area contributed by atoms with Gasteiger partial charge in [-0.05, 0) is 30.0 Å². The van der Waals surface area contributed by atoms with E-state index in [9.17, 15) is 9.59 Å². The van der Waals surface area contributed by atoms with E-state index in [-0.39, 0.29) is 24.3 Å². The van der Waals surface area contributed by atoms with Crippen LogP contribution in [0, 0.1) is 5.92 Å². The zero-order valence-electron chi connectivity index (χ0n) is 16.2. The predicted molar refractivity (Wildman–Crippen MR) is 107 cm³/mol. The molecule has 150 valence electrons. The Kier molecular flexibility index (Phi) is 4.62. The molecule has 0 N–H and O–H groups in total. The lowest BCUT2D eigenvalue weighted by molar-refractivity contribution is -0.146. The molecule has 1 aliphatic carbocycles. The normalized spacial score (nSPS) is 25.4. The molecule has 3 atom stereocenters. The number of ether oxygens (including phenoxy) is 2. The van der Waals surface area contributed by atoms with Gasteiger partial charge in [-0.2, -0.15) is 0 Å². The molecule has 2 aromatic carbocycles. The second kappa shape index (κ2) is 7.43. The van der Waals surface area contributed by atoms with Crippen LogP contribution in [0.15, 0.2) is 54.6 Å². The monoisotopic (exact) mass is 392 g/mol. The highest BCUT2D eigenvalue weighted by Crippen LogP contribution is 2.48. The molecule has 2 amide bonds. The highest BCUT2D eigenvalue weighted by molar-refractivity contribution is 5.84. The molecule has 6 heteroatoms. The third-order valence-corrected chi connectivity index (χ3v) is 6.02. The zero-order valence-corrected chi connectivity index (χ0v) is 16.2. The summed E-state index contributed by atoms with van der Waals surface area (Å²) >= 11 is 0. The topological polar surface area (TPSA) is 59.1 Å². The van der Waals surface area contributed by atoms with Crippen molar-refractivity contribution in [2.45, 2.75) is 18.4 Å². The number of carbonyl (C=O) groups excluding carboxylic acids is 2. The molecule has 2 fully saturated rings. The number of para-hydroxylation sites is 2. The second-order valence-corrected chi connectivity index (χ2v) is 7.87. The molecule has 2 aromatic rings. The number of hydrogen-bond acceptors (Lipinski definition) is 4. The van der Waals surface area contributed by atoms with Crippen molar-refractivity contribution >= 4 is 11.8 Å². The summed E-state index contributed by atoms with van der Waals surface area (Å²) in [5.74, 6) is 1.86. The Morgan fingerprint density at radius 2 is 1.41 bits per heavy atom. The van der Waals surface area contributed by atoms with Crippen LogP contribution in [0.25, 0.3) is 0 Å². The third-order valence-electron chi connectivity index (χ3n) is 6.02. The van der Waals surface area contributed by atoms with Gasteiger partial charge >= 0.3 is 0 Å². The third kappa shape index (κ3) is 3.55. The number of benzene rings is 2. The van der Waals surface area contributed by atoms with Gasteiger partial charge < -0.3 is 19.3 Å². The summed E-state index contributed by atoms with van der Waals surface area (Å²) < 4.78 is 11.5. The smallest absolute Gasteiger partial charge is 0.267 e. The molecule has 3 unspecified atom stereocenters. The van der Waals surface area contributed by atoms with Gasteiger partial charge in [-0.3, -0.25) is 9.59 Å². The summed E-state index contributed by atoms with van der Waals surface area (Å²) in [5, 5.41) is 0. The Labute approximate surface area is 170 Å². The van der Waals surface area contributed by atoms with Crippen molar-refractivity contribution < 1.29 is 19.1 Å². The van der Waals surface area contributed by atoms with Crippen molar-refractivity contribution in [2.75, 3.05) is 32.8 Å². The lowest BCUT2D eigenvalue weighted by Crippen LogP contribution is -2.55. The van der Waals surface area contributed by atoms with Crippen LogP contribution in [0.2, 0.25) is 0 Å². The molecule has 0 aromatic heterocycles. The molecule has 29 heavy (non-hydrogen) atoms. The fourth-order valence-electron chi connectivity index (χ4n) is 4.26. The molecule has 5 rings (SSSR count). The molecule has 2 heterocycles. The highest BCUT2D eigenvalue weighted by atomic mass is 16.6. The van der Waals surface area contributed by atoms with Crippen LogP contribution in [0.4, 0.5) is 0 Å². The van der Waals surface area contributed by atoms with Gasteiger partial charge in [-0.15, -0.1) is 0 Å². The standard InChI is InChI=1S/C23H24N2O4/c26-22(18-14-17(18)16-6-2-1-3-7-16)24-10-12-25(13-11-24)23(27)21-15-28-19-8-4-5-9-20(19)29-21/h1-9,17-18,21H,10-15H2. The number of amides is 2. The lowest BCUT2D eigenvalue weighted by atomic mass is 10.1. The molecule has 0 radical (unpaired) electrons. The van der Waals surface area contributed by atoms with Crippen molar-refractivity contribution in [1.29, 1.82) is 0 Å². The van der Waals surface area contributed by atoms with Crippen molar-refractivity contribution in [3.63, 3.8) is 0 Å².